The molecule has 1 heterocycles. The smallest absolute Gasteiger partial charge is 0.280 e. The van der Waals surface area contributed by atoms with Crippen molar-refractivity contribution in [2.24, 2.45) is 0 Å². The largest absolute Gasteiger partial charge is 0.496 e. The third kappa shape index (κ3) is 1.82. The summed E-state index contributed by atoms with van der Waals surface area (Å²) >= 11 is 0. The van der Waals surface area contributed by atoms with Crippen molar-refractivity contribution in [1.82, 2.24) is 4.98 Å². The summed E-state index contributed by atoms with van der Waals surface area (Å²) in [4.78, 5) is 3.57. The molecular weight excluding hydrogens is 192 g/mol. The molecule has 0 aliphatic carbocycles. The fourth-order valence-corrected chi connectivity index (χ4v) is 1.28. The van der Waals surface area contributed by atoms with E-state index in [0.29, 0.717) is 5.56 Å². The maximum absolute atomic E-state index is 12.4. The highest BCUT2D eigenvalue weighted by molar-refractivity contribution is 5.41. The van der Waals surface area contributed by atoms with Crippen LogP contribution in [0.2, 0.25) is 0 Å². The molecule has 0 amide bonds. The van der Waals surface area contributed by atoms with E-state index in [9.17, 15) is 8.78 Å². The Hall–Kier alpha value is -1.23. The Morgan fingerprint density at radius 2 is 2.21 bits per heavy atom. The van der Waals surface area contributed by atoms with Crippen LogP contribution in [0.1, 0.15) is 23.2 Å². The van der Waals surface area contributed by atoms with E-state index in [4.69, 9.17) is 9.84 Å². The lowest BCUT2D eigenvalue weighted by Crippen LogP contribution is -2.02. The first-order chi connectivity index (χ1) is 6.61. The second-order valence-electron chi connectivity index (χ2n) is 2.79. The van der Waals surface area contributed by atoms with Gasteiger partial charge >= 0.3 is 0 Å². The Morgan fingerprint density at radius 1 is 1.57 bits per heavy atom. The highest BCUT2D eigenvalue weighted by Gasteiger charge is 2.17. The molecule has 3 nitrogen and oxygen atoms in total. The molecule has 1 rings (SSSR count). The van der Waals surface area contributed by atoms with Gasteiger partial charge in [-0.15, -0.1) is 0 Å². The fourth-order valence-electron chi connectivity index (χ4n) is 1.28. The zero-order valence-corrected chi connectivity index (χ0v) is 7.92. The van der Waals surface area contributed by atoms with Crippen LogP contribution in [0.15, 0.2) is 6.20 Å². The number of halogens is 2. The van der Waals surface area contributed by atoms with Gasteiger partial charge in [-0.3, -0.25) is 4.98 Å². The van der Waals surface area contributed by atoms with Gasteiger partial charge in [0.05, 0.1) is 13.7 Å². The van der Waals surface area contributed by atoms with E-state index in [1.165, 1.54) is 20.2 Å². The van der Waals surface area contributed by atoms with Crippen molar-refractivity contribution >= 4 is 0 Å². The van der Waals surface area contributed by atoms with E-state index in [0.717, 1.165) is 0 Å². The third-order valence-electron chi connectivity index (χ3n) is 1.96. The average molecular weight is 203 g/mol. The minimum atomic E-state index is -2.63. The van der Waals surface area contributed by atoms with Gasteiger partial charge in [-0.2, -0.15) is 0 Å². The summed E-state index contributed by atoms with van der Waals surface area (Å²) in [5.41, 5.74) is 0.377. The Labute approximate surface area is 80.3 Å². The van der Waals surface area contributed by atoms with Crippen LogP contribution in [0, 0.1) is 6.92 Å². The van der Waals surface area contributed by atoms with Crippen LogP contribution < -0.4 is 4.74 Å². The second kappa shape index (κ2) is 4.32. The molecule has 5 heteroatoms. The summed E-state index contributed by atoms with van der Waals surface area (Å²) in [5.74, 6) is 0.276. The molecule has 0 saturated carbocycles. The molecule has 78 valence electrons. The number of aliphatic hydroxyl groups is 1. The van der Waals surface area contributed by atoms with Gasteiger partial charge in [-0.1, -0.05) is 0 Å². The number of hydrogen-bond donors (Lipinski definition) is 1. The van der Waals surface area contributed by atoms with Crippen LogP contribution in [-0.4, -0.2) is 17.2 Å². The molecule has 0 unspecified atom stereocenters. The minimum absolute atomic E-state index is 0.272. The Morgan fingerprint density at radius 3 is 2.64 bits per heavy atom. The van der Waals surface area contributed by atoms with Crippen LogP contribution in [0.3, 0.4) is 0 Å². The van der Waals surface area contributed by atoms with Gasteiger partial charge in [0.1, 0.15) is 11.4 Å². The molecule has 0 saturated heterocycles. The van der Waals surface area contributed by atoms with Crippen molar-refractivity contribution in [3.05, 3.63) is 23.0 Å². The summed E-state index contributed by atoms with van der Waals surface area (Å²) in [6.45, 7) is 1.22. The quantitative estimate of drug-likeness (QED) is 0.814. The first kappa shape index (κ1) is 10.8. The zero-order valence-electron chi connectivity index (χ0n) is 7.92. The van der Waals surface area contributed by atoms with Crippen molar-refractivity contribution in [1.29, 1.82) is 0 Å². The molecule has 1 aromatic rings. The van der Waals surface area contributed by atoms with Gasteiger partial charge in [0, 0.05) is 17.3 Å². The molecular formula is C9H11F2NO2. The second-order valence-corrected chi connectivity index (χ2v) is 2.79. The number of ether oxygens (including phenoxy) is 1. The summed E-state index contributed by atoms with van der Waals surface area (Å²) < 4.78 is 29.7. The number of hydrogen-bond acceptors (Lipinski definition) is 3. The number of nitrogens with zero attached hydrogens (tertiary/aromatic N) is 1. The lowest BCUT2D eigenvalue weighted by atomic mass is 10.1. The van der Waals surface area contributed by atoms with Crippen LogP contribution >= 0.6 is 0 Å². The van der Waals surface area contributed by atoms with Gasteiger partial charge in [-0.05, 0) is 6.92 Å². The molecule has 0 aliphatic rings. The van der Waals surface area contributed by atoms with E-state index in [1.807, 2.05) is 0 Å². The standard InChI is InChI=1S/C9H11F2NO2/c1-5-7(9(10)11)12-3-6(4-13)8(5)14-2/h3,9,13H,4H2,1-2H3. The van der Waals surface area contributed by atoms with E-state index < -0.39 is 6.43 Å². The number of alkyl halides is 2. The summed E-state index contributed by atoms with van der Waals surface area (Å²) in [6.07, 6.45) is -1.43. The molecule has 0 aromatic carbocycles. The van der Waals surface area contributed by atoms with Crippen molar-refractivity contribution < 1.29 is 18.6 Å². The van der Waals surface area contributed by atoms with Crippen LogP contribution in [0.4, 0.5) is 8.78 Å². The maximum atomic E-state index is 12.4. The highest BCUT2D eigenvalue weighted by Crippen LogP contribution is 2.29. The van der Waals surface area contributed by atoms with E-state index >= 15 is 0 Å². The van der Waals surface area contributed by atoms with Crippen LogP contribution in [0.25, 0.3) is 0 Å². The topological polar surface area (TPSA) is 42.4 Å². The highest BCUT2D eigenvalue weighted by atomic mass is 19.3. The van der Waals surface area contributed by atoms with Crippen LogP contribution in [-0.2, 0) is 6.61 Å². The molecule has 0 fully saturated rings. The molecule has 1 aromatic heterocycles. The number of rotatable bonds is 3. The summed E-state index contributed by atoms with van der Waals surface area (Å²) in [5, 5.41) is 8.90. The zero-order chi connectivity index (χ0) is 10.7. The summed E-state index contributed by atoms with van der Waals surface area (Å²) in [6, 6.07) is 0. The Kier molecular flexibility index (Phi) is 3.35. The average Bonchev–Trinajstić information content (AvgIpc) is 2.16. The van der Waals surface area contributed by atoms with E-state index in [1.54, 1.807) is 0 Å². The van der Waals surface area contributed by atoms with Crippen molar-refractivity contribution in [3.8, 4) is 5.75 Å². The molecule has 0 aliphatic heterocycles. The van der Waals surface area contributed by atoms with Crippen molar-refractivity contribution in [2.45, 2.75) is 20.0 Å². The summed E-state index contributed by atoms with van der Waals surface area (Å²) in [7, 11) is 1.37. The van der Waals surface area contributed by atoms with E-state index in [2.05, 4.69) is 4.98 Å². The molecule has 0 spiro atoms. The lowest BCUT2D eigenvalue weighted by molar-refractivity contribution is 0.144. The first-order valence-electron chi connectivity index (χ1n) is 4.03. The first-order valence-corrected chi connectivity index (χ1v) is 4.03. The molecule has 0 radical (unpaired) electrons. The van der Waals surface area contributed by atoms with Gasteiger partial charge in [0.25, 0.3) is 6.43 Å². The number of aliphatic hydroxyl groups excluding tert-OH is 1. The number of aromatic nitrogens is 1. The third-order valence-corrected chi connectivity index (χ3v) is 1.96. The van der Waals surface area contributed by atoms with Gasteiger partial charge in [0.2, 0.25) is 0 Å². The predicted molar refractivity (Wildman–Crippen MR) is 46.4 cm³/mol. The maximum Gasteiger partial charge on any atom is 0.280 e. The minimum Gasteiger partial charge on any atom is -0.496 e. The van der Waals surface area contributed by atoms with Gasteiger partial charge in [-0.25, -0.2) is 8.78 Å². The lowest BCUT2D eigenvalue weighted by Gasteiger charge is -2.12. The Bertz CT molecular complexity index is 329. The van der Waals surface area contributed by atoms with Crippen LogP contribution in [0.5, 0.6) is 5.75 Å². The molecule has 0 atom stereocenters. The number of pyridine rings is 1. The normalized spacial score (nSPS) is 10.7. The molecule has 1 N–H and O–H groups in total. The van der Waals surface area contributed by atoms with Crippen molar-refractivity contribution in [3.63, 3.8) is 0 Å². The predicted octanol–water partition coefficient (Wildman–Crippen LogP) is 1.83. The van der Waals surface area contributed by atoms with Gasteiger partial charge in [0.15, 0.2) is 0 Å². The monoisotopic (exact) mass is 203 g/mol. The fraction of sp³-hybridized carbons (Fsp3) is 0.444. The van der Waals surface area contributed by atoms with Crippen molar-refractivity contribution in [2.75, 3.05) is 7.11 Å². The Balaban J connectivity index is 3.27. The van der Waals surface area contributed by atoms with Gasteiger partial charge < -0.3 is 9.84 Å². The van der Waals surface area contributed by atoms with E-state index in [-0.39, 0.29) is 23.6 Å². The molecule has 14 heavy (non-hydrogen) atoms. The SMILES string of the molecule is COc1c(CO)cnc(C(F)F)c1C. The number of methoxy groups -OCH3 is 1. The molecule has 0 bridgehead atoms.